The third-order valence-electron chi connectivity index (χ3n) is 3.41. The fourth-order valence-corrected chi connectivity index (χ4v) is 4.16. The number of hydrogen-bond donors (Lipinski definition) is 1. The Morgan fingerprint density at radius 3 is 2.44 bits per heavy atom. The second-order valence-corrected chi connectivity index (χ2v) is 6.46. The van der Waals surface area contributed by atoms with Gasteiger partial charge in [-0.25, -0.2) is 0 Å². The molecule has 0 amide bonds. The summed E-state index contributed by atoms with van der Waals surface area (Å²) in [4.78, 5) is 0. The summed E-state index contributed by atoms with van der Waals surface area (Å²) in [6.07, 6.45) is 2.97. The first-order chi connectivity index (χ1) is 8.06. The highest BCUT2D eigenvalue weighted by Crippen LogP contribution is 2.22. The molecule has 1 saturated heterocycles. The van der Waals surface area contributed by atoms with Crippen LogP contribution in [-0.4, -0.2) is 49.8 Å². The second kappa shape index (κ2) is 8.32. The van der Waals surface area contributed by atoms with Gasteiger partial charge in [-0.3, -0.25) is 0 Å². The number of hydrogen-bond acceptors (Lipinski definition) is 3. The Labute approximate surface area is 117 Å². The molecule has 0 aromatic rings. The van der Waals surface area contributed by atoms with Gasteiger partial charge in [-0.15, -0.1) is 12.4 Å². The normalized spacial score (nSPS) is 21.9. The molecule has 1 fully saturated rings. The van der Waals surface area contributed by atoms with Crippen molar-refractivity contribution in [2.45, 2.75) is 33.1 Å². The van der Waals surface area contributed by atoms with Crippen LogP contribution in [0.5, 0.6) is 0 Å². The van der Waals surface area contributed by atoms with Gasteiger partial charge in [0.15, 0.2) is 0 Å². The van der Waals surface area contributed by atoms with Gasteiger partial charge in [-0.05, 0) is 31.7 Å². The average Bonchev–Trinajstić information content (AvgIpc) is 2.31. The van der Waals surface area contributed by atoms with Gasteiger partial charge in [-0.1, -0.05) is 13.8 Å². The van der Waals surface area contributed by atoms with Gasteiger partial charge in [0.2, 0.25) is 0 Å². The lowest BCUT2D eigenvalue weighted by molar-refractivity contribution is 0.242. The molecule has 5 nitrogen and oxygen atoms in total. The summed E-state index contributed by atoms with van der Waals surface area (Å²) >= 11 is 0. The Kier molecular flexibility index (Phi) is 8.38. The number of nitrogens with two attached hydrogens (primary N) is 1. The fourth-order valence-electron chi connectivity index (χ4n) is 2.42. The number of piperidine rings is 1. The Hall–Kier alpha value is 0.120. The van der Waals surface area contributed by atoms with E-state index in [1.54, 1.807) is 4.31 Å². The zero-order valence-electron chi connectivity index (χ0n) is 11.3. The van der Waals surface area contributed by atoms with Gasteiger partial charge in [0, 0.05) is 26.2 Å². The topological polar surface area (TPSA) is 66.6 Å². The van der Waals surface area contributed by atoms with Crippen LogP contribution in [-0.2, 0) is 10.2 Å². The van der Waals surface area contributed by atoms with Gasteiger partial charge in [0.1, 0.15) is 0 Å². The van der Waals surface area contributed by atoms with E-state index >= 15 is 0 Å². The van der Waals surface area contributed by atoms with Crippen molar-refractivity contribution in [2.24, 2.45) is 11.7 Å². The highest BCUT2D eigenvalue weighted by atomic mass is 35.5. The van der Waals surface area contributed by atoms with Crippen LogP contribution in [0.4, 0.5) is 0 Å². The maximum absolute atomic E-state index is 12.3. The van der Waals surface area contributed by atoms with E-state index in [-0.39, 0.29) is 12.4 Å². The summed E-state index contributed by atoms with van der Waals surface area (Å²) in [6, 6.07) is 0. The van der Waals surface area contributed by atoms with E-state index in [0.29, 0.717) is 38.6 Å². The molecule has 2 N–H and O–H groups in total. The summed E-state index contributed by atoms with van der Waals surface area (Å²) < 4.78 is 27.8. The zero-order valence-corrected chi connectivity index (χ0v) is 13.0. The van der Waals surface area contributed by atoms with Gasteiger partial charge in [0.25, 0.3) is 10.2 Å². The molecule has 0 aromatic carbocycles. The van der Waals surface area contributed by atoms with E-state index in [1.807, 2.05) is 13.8 Å². The van der Waals surface area contributed by atoms with Crippen LogP contribution in [0.3, 0.4) is 0 Å². The fraction of sp³-hybridized carbons (Fsp3) is 1.00. The van der Waals surface area contributed by atoms with Crippen molar-refractivity contribution in [3.8, 4) is 0 Å². The molecule has 0 saturated carbocycles. The van der Waals surface area contributed by atoms with E-state index in [1.165, 1.54) is 4.31 Å². The monoisotopic (exact) mass is 299 g/mol. The smallest absolute Gasteiger partial charge is 0.281 e. The zero-order chi connectivity index (χ0) is 12.9. The summed E-state index contributed by atoms with van der Waals surface area (Å²) in [7, 11) is -3.25. The van der Waals surface area contributed by atoms with Crippen LogP contribution in [0.2, 0.25) is 0 Å². The molecule has 0 aliphatic carbocycles. The minimum Gasteiger partial charge on any atom is -0.330 e. The van der Waals surface area contributed by atoms with Crippen molar-refractivity contribution in [1.29, 1.82) is 0 Å². The van der Waals surface area contributed by atoms with Crippen molar-refractivity contribution in [3.63, 3.8) is 0 Å². The lowest BCUT2D eigenvalue weighted by Crippen LogP contribution is -2.48. The standard InChI is InChI=1S/C11H25N3O2S.ClH/c1-3-13(4-2)17(15,16)14-9-5-6-11(10-14)7-8-12;/h11H,3-10,12H2,1-2H3;1H. The van der Waals surface area contributed by atoms with E-state index in [2.05, 4.69) is 0 Å². The Morgan fingerprint density at radius 2 is 1.94 bits per heavy atom. The predicted molar refractivity (Wildman–Crippen MR) is 77.1 cm³/mol. The van der Waals surface area contributed by atoms with E-state index in [0.717, 1.165) is 19.3 Å². The van der Waals surface area contributed by atoms with E-state index in [9.17, 15) is 8.42 Å². The lowest BCUT2D eigenvalue weighted by atomic mass is 9.96. The molecule has 18 heavy (non-hydrogen) atoms. The van der Waals surface area contributed by atoms with Crippen LogP contribution in [0.15, 0.2) is 0 Å². The third kappa shape index (κ3) is 4.35. The molecule has 7 heteroatoms. The SMILES string of the molecule is CCN(CC)S(=O)(=O)N1CCCC(CCN)C1.Cl. The Bertz CT molecular complexity index is 318. The van der Waals surface area contributed by atoms with Crippen molar-refractivity contribution in [2.75, 3.05) is 32.7 Å². The highest BCUT2D eigenvalue weighted by Gasteiger charge is 2.31. The van der Waals surface area contributed by atoms with Crippen LogP contribution >= 0.6 is 12.4 Å². The molecule has 1 heterocycles. The summed E-state index contributed by atoms with van der Waals surface area (Å²) in [5.74, 6) is 0.430. The maximum atomic E-state index is 12.3. The predicted octanol–water partition coefficient (Wildman–Crippen LogP) is 1.06. The van der Waals surface area contributed by atoms with E-state index < -0.39 is 10.2 Å². The molecule has 110 valence electrons. The Balaban J connectivity index is 0.00000289. The largest absolute Gasteiger partial charge is 0.330 e. The average molecular weight is 300 g/mol. The molecule has 1 unspecified atom stereocenters. The first-order valence-corrected chi connectivity index (χ1v) is 7.91. The van der Waals surface area contributed by atoms with Gasteiger partial charge in [0.05, 0.1) is 0 Å². The molecule has 0 spiro atoms. The van der Waals surface area contributed by atoms with Crippen LogP contribution in [0.1, 0.15) is 33.1 Å². The van der Waals surface area contributed by atoms with Crippen molar-refractivity contribution in [3.05, 3.63) is 0 Å². The van der Waals surface area contributed by atoms with Crippen molar-refractivity contribution < 1.29 is 8.42 Å². The molecule has 1 atom stereocenters. The van der Waals surface area contributed by atoms with Crippen molar-refractivity contribution >= 4 is 22.6 Å². The maximum Gasteiger partial charge on any atom is 0.281 e. The summed E-state index contributed by atoms with van der Waals surface area (Å²) in [6.45, 7) is 6.76. The Morgan fingerprint density at radius 1 is 1.33 bits per heavy atom. The molecule has 1 aliphatic rings. The van der Waals surface area contributed by atoms with Gasteiger partial charge in [-0.2, -0.15) is 17.0 Å². The minimum absolute atomic E-state index is 0. The molecule has 1 rings (SSSR count). The molecule has 1 aliphatic heterocycles. The quantitative estimate of drug-likeness (QED) is 0.797. The molecule has 0 bridgehead atoms. The van der Waals surface area contributed by atoms with Crippen molar-refractivity contribution in [1.82, 2.24) is 8.61 Å². The summed E-state index contributed by atoms with van der Waals surface area (Å²) in [5, 5.41) is 0. The lowest BCUT2D eigenvalue weighted by Gasteiger charge is -2.34. The number of nitrogens with zero attached hydrogens (tertiary/aromatic N) is 2. The second-order valence-electron chi connectivity index (χ2n) is 4.54. The first-order valence-electron chi connectivity index (χ1n) is 6.51. The molecular formula is C11H26ClN3O2S. The summed E-state index contributed by atoms with van der Waals surface area (Å²) in [5.41, 5.74) is 5.55. The third-order valence-corrected chi connectivity index (χ3v) is 5.57. The molecule has 0 aromatic heterocycles. The van der Waals surface area contributed by atoms with Crippen LogP contribution in [0, 0.1) is 5.92 Å². The first kappa shape index (κ1) is 18.1. The van der Waals surface area contributed by atoms with E-state index in [4.69, 9.17) is 5.73 Å². The van der Waals surface area contributed by atoms with Crippen LogP contribution < -0.4 is 5.73 Å². The van der Waals surface area contributed by atoms with Gasteiger partial charge >= 0.3 is 0 Å². The molecule has 0 radical (unpaired) electrons. The molecular weight excluding hydrogens is 274 g/mol. The highest BCUT2D eigenvalue weighted by molar-refractivity contribution is 7.86. The number of halogens is 1. The van der Waals surface area contributed by atoms with Gasteiger partial charge < -0.3 is 5.73 Å². The van der Waals surface area contributed by atoms with Crippen LogP contribution in [0.25, 0.3) is 0 Å². The minimum atomic E-state index is -3.25. The number of rotatable bonds is 6.